The standard InChI is InChI=1S/C11H18N2O2S/c1-2-8-13-9-7-10-3-5-11(6-4-10)16(12,14)15/h3-6,13H,2,7-9H2,1H3,(H2,12,14,15). The molecule has 0 fully saturated rings. The molecule has 1 aromatic rings. The van der Waals surface area contributed by atoms with Crippen LogP contribution >= 0.6 is 0 Å². The van der Waals surface area contributed by atoms with E-state index in [0.29, 0.717) is 0 Å². The Bertz CT molecular complexity index is 412. The van der Waals surface area contributed by atoms with Crippen LogP contribution in [0.25, 0.3) is 0 Å². The average Bonchev–Trinajstić information content (AvgIpc) is 2.24. The predicted molar refractivity (Wildman–Crippen MR) is 64.7 cm³/mol. The van der Waals surface area contributed by atoms with E-state index >= 15 is 0 Å². The SMILES string of the molecule is CCCNCCc1ccc(S(N)(=O)=O)cc1. The molecular weight excluding hydrogens is 224 g/mol. The van der Waals surface area contributed by atoms with Crippen LogP contribution in [0.1, 0.15) is 18.9 Å². The molecule has 0 spiro atoms. The number of hydrogen-bond acceptors (Lipinski definition) is 3. The van der Waals surface area contributed by atoms with Gasteiger partial charge in [-0.15, -0.1) is 0 Å². The molecule has 0 bridgehead atoms. The van der Waals surface area contributed by atoms with Crippen molar-refractivity contribution in [2.45, 2.75) is 24.7 Å². The van der Waals surface area contributed by atoms with Crippen molar-refractivity contribution in [3.63, 3.8) is 0 Å². The predicted octanol–water partition coefficient (Wildman–Crippen LogP) is 0.876. The van der Waals surface area contributed by atoms with E-state index in [4.69, 9.17) is 5.14 Å². The average molecular weight is 242 g/mol. The molecule has 5 heteroatoms. The highest BCUT2D eigenvalue weighted by molar-refractivity contribution is 7.89. The lowest BCUT2D eigenvalue weighted by Gasteiger charge is -2.04. The van der Waals surface area contributed by atoms with Crippen molar-refractivity contribution < 1.29 is 8.42 Å². The summed E-state index contributed by atoms with van der Waals surface area (Å²) in [5.74, 6) is 0. The summed E-state index contributed by atoms with van der Waals surface area (Å²) in [5.41, 5.74) is 1.11. The first-order chi connectivity index (χ1) is 7.54. The van der Waals surface area contributed by atoms with E-state index in [1.54, 1.807) is 24.3 Å². The second-order valence-corrected chi connectivity index (χ2v) is 5.25. The molecule has 0 saturated heterocycles. The fourth-order valence-electron chi connectivity index (χ4n) is 1.38. The molecule has 0 amide bonds. The van der Waals surface area contributed by atoms with Crippen LogP contribution in [0.15, 0.2) is 29.2 Å². The zero-order valence-corrected chi connectivity index (χ0v) is 10.3. The van der Waals surface area contributed by atoms with Crippen LogP contribution in [0.2, 0.25) is 0 Å². The van der Waals surface area contributed by atoms with Crippen molar-refractivity contribution in [2.24, 2.45) is 5.14 Å². The number of benzene rings is 1. The quantitative estimate of drug-likeness (QED) is 0.727. The van der Waals surface area contributed by atoms with Crippen molar-refractivity contribution in [3.05, 3.63) is 29.8 Å². The van der Waals surface area contributed by atoms with E-state index in [2.05, 4.69) is 12.2 Å². The largest absolute Gasteiger partial charge is 0.316 e. The second-order valence-electron chi connectivity index (χ2n) is 3.69. The Labute approximate surface area is 96.9 Å². The van der Waals surface area contributed by atoms with Gasteiger partial charge in [0.1, 0.15) is 0 Å². The van der Waals surface area contributed by atoms with Crippen LogP contribution in [0, 0.1) is 0 Å². The summed E-state index contributed by atoms with van der Waals surface area (Å²) in [4.78, 5) is 0.165. The van der Waals surface area contributed by atoms with Crippen LogP contribution < -0.4 is 10.5 Å². The summed E-state index contributed by atoms with van der Waals surface area (Å²) in [6.45, 7) is 4.03. The maximum Gasteiger partial charge on any atom is 0.238 e. The highest BCUT2D eigenvalue weighted by Crippen LogP contribution is 2.08. The number of primary sulfonamides is 1. The summed E-state index contributed by atoms with van der Waals surface area (Å²) < 4.78 is 22.0. The summed E-state index contributed by atoms with van der Waals surface area (Å²) in [5, 5.41) is 8.29. The monoisotopic (exact) mass is 242 g/mol. The third-order valence-corrected chi connectivity index (χ3v) is 3.20. The van der Waals surface area contributed by atoms with Crippen LogP contribution in [-0.4, -0.2) is 21.5 Å². The van der Waals surface area contributed by atoms with Crippen molar-refractivity contribution in [2.75, 3.05) is 13.1 Å². The number of hydrogen-bond donors (Lipinski definition) is 2. The van der Waals surface area contributed by atoms with Crippen LogP contribution in [0.3, 0.4) is 0 Å². The molecule has 4 nitrogen and oxygen atoms in total. The zero-order chi connectivity index (χ0) is 12.0. The molecule has 0 aliphatic heterocycles. The summed E-state index contributed by atoms with van der Waals surface area (Å²) in [7, 11) is -3.56. The van der Waals surface area contributed by atoms with Crippen molar-refractivity contribution in [1.82, 2.24) is 5.32 Å². The van der Waals surface area contributed by atoms with Gasteiger partial charge in [0.05, 0.1) is 4.90 Å². The molecule has 0 unspecified atom stereocenters. The molecular formula is C11H18N2O2S. The lowest BCUT2D eigenvalue weighted by molar-refractivity contribution is 0.597. The van der Waals surface area contributed by atoms with Crippen LogP contribution in [-0.2, 0) is 16.4 Å². The maximum atomic E-state index is 11.0. The molecule has 1 rings (SSSR count). The number of sulfonamides is 1. The molecule has 1 aromatic carbocycles. The zero-order valence-electron chi connectivity index (χ0n) is 9.44. The third-order valence-electron chi connectivity index (χ3n) is 2.27. The first kappa shape index (κ1) is 13.2. The lowest BCUT2D eigenvalue weighted by Crippen LogP contribution is -2.17. The van der Waals surface area contributed by atoms with Gasteiger partial charge in [0.15, 0.2) is 0 Å². The van der Waals surface area contributed by atoms with Gasteiger partial charge in [0.25, 0.3) is 0 Å². The molecule has 16 heavy (non-hydrogen) atoms. The van der Waals surface area contributed by atoms with Crippen LogP contribution in [0.5, 0.6) is 0 Å². The molecule has 90 valence electrons. The minimum absolute atomic E-state index is 0.165. The van der Waals surface area contributed by atoms with E-state index < -0.39 is 10.0 Å². The Morgan fingerprint density at radius 3 is 2.31 bits per heavy atom. The molecule has 0 aliphatic carbocycles. The van der Waals surface area contributed by atoms with Gasteiger partial charge in [-0.2, -0.15) is 0 Å². The fourth-order valence-corrected chi connectivity index (χ4v) is 1.90. The second kappa shape index (κ2) is 5.98. The van der Waals surface area contributed by atoms with E-state index in [0.717, 1.165) is 31.5 Å². The molecule has 0 atom stereocenters. The summed E-state index contributed by atoms with van der Waals surface area (Å²) >= 11 is 0. The molecule has 0 saturated carbocycles. The van der Waals surface area contributed by atoms with Gasteiger partial charge < -0.3 is 5.32 Å². The Morgan fingerprint density at radius 2 is 1.81 bits per heavy atom. The topological polar surface area (TPSA) is 72.2 Å². The highest BCUT2D eigenvalue weighted by atomic mass is 32.2. The Hall–Kier alpha value is -0.910. The molecule has 3 N–H and O–H groups in total. The number of nitrogens with two attached hydrogens (primary N) is 1. The minimum atomic E-state index is -3.56. The molecule has 0 aromatic heterocycles. The summed E-state index contributed by atoms with van der Waals surface area (Å²) in [6, 6.07) is 6.69. The maximum absolute atomic E-state index is 11.0. The van der Waals surface area contributed by atoms with Crippen molar-refractivity contribution in [1.29, 1.82) is 0 Å². The van der Waals surface area contributed by atoms with Gasteiger partial charge in [-0.3, -0.25) is 0 Å². The Kier molecular flexibility index (Phi) is 4.92. The van der Waals surface area contributed by atoms with Gasteiger partial charge in [-0.25, -0.2) is 13.6 Å². The van der Waals surface area contributed by atoms with Gasteiger partial charge in [-0.05, 0) is 43.6 Å². The Morgan fingerprint density at radius 1 is 1.19 bits per heavy atom. The molecule has 0 radical (unpaired) electrons. The van der Waals surface area contributed by atoms with Crippen molar-refractivity contribution >= 4 is 10.0 Å². The number of nitrogens with one attached hydrogen (secondary N) is 1. The van der Waals surface area contributed by atoms with Gasteiger partial charge in [-0.1, -0.05) is 19.1 Å². The van der Waals surface area contributed by atoms with E-state index in [1.165, 1.54) is 0 Å². The highest BCUT2D eigenvalue weighted by Gasteiger charge is 2.06. The third kappa shape index (κ3) is 4.30. The minimum Gasteiger partial charge on any atom is -0.316 e. The van der Waals surface area contributed by atoms with Crippen LogP contribution in [0.4, 0.5) is 0 Å². The first-order valence-corrected chi connectivity index (χ1v) is 6.91. The lowest BCUT2D eigenvalue weighted by atomic mass is 10.1. The fraction of sp³-hybridized carbons (Fsp3) is 0.455. The molecule has 0 aliphatic rings. The molecule has 0 heterocycles. The first-order valence-electron chi connectivity index (χ1n) is 5.36. The van der Waals surface area contributed by atoms with Gasteiger partial charge >= 0.3 is 0 Å². The van der Waals surface area contributed by atoms with E-state index in [-0.39, 0.29) is 4.90 Å². The summed E-state index contributed by atoms with van der Waals surface area (Å²) in [6.07, 6.45) is 2.01. The van der Waals surface area contributed by atoms with Gasteiger partial charge in [0.2, 0.25) is 10.0 Å². The van der Waals surface area contributed by atoms with Gasteiger partial charge in [0, 0.05) is 0 Å². The van der Waals surface area contributed by atoms with E-state index in [1.807, 2.05) is 0 Å². The van der Waals surface area contributed by atoms with Crippen molar-refractivity contribution in [3.8, 4) is 0 Å². The number of rotatable bonds is 6. The smallest absolute Gasteiger partial charge is 0.238 e. The normalized spacial score (nSPS) is 11.6. The van der Waals surface area contributed by atoms with E-state index in [9.17, 15) is 8.42 Å². The Balaban J connectivity index is 2.52.